The zero-order chi connectivity index (χ0) is 17.4. The maximum Gasteiger partial charge on any atom is 0.254 e. The topological polar surface area (TPSA) is 49.8 Å². The first-order chi connectivity index (χ1) is 12.2. The van der Waals surface area contributed by atoms with Gasteiger partial charge in [0.25, 0.3) is 5.91 Å². The van der Waals surface area contributed by atoms with Gasteiger partial charge >= 0.3 is 0 Å². The van der Waals surface area contributed by atoms with Crippen LogP contribution in [0.1, 0.15) is 28.8 Å². The standard InChI is InChI=1S/C20H20FNO3/c21-17-9-15(14-4-3-13-5-7-25-19(13)11-14)8-16(10-17)20(24)22-6-1-2-18(22)12-23/h3-4,8-11,18,23H,1-2,5-7,12H2/t18-/m0/s1. The molecule has 0 saturated carbocycles. The zero-order valence-corrected chi connectivity index (χ0v) is 13.9. The van der Waals surface area contributed by atoms with Gasteiger partial charge in [-0.2, -0.15) is 0 Å². The molecule has 1 N–H and O–H groups in total. The quantitative estimate of drug-likeness (QED) is 0.934. The average Bonchev–Trinajstić information content (AvgIpc) is 3.28. The van der Waals surface area contributed by atoms with Crippen LogP contribution in [0.5, 0.6) is 5.75 Å². The first-order valence-electron chi connectivity index (χ1n) is 8.64. The minimum absolute atomic E-state index is 0.0595. The second kappa shape index (κ2) is 6.48. The number of carbonyl (C=O) groups excluding carboxylic acids is 1. The van der Waals surface area contributed by atoms with E-state index in [1.807, 2.05) is 18.2 Å². The SMILES string of the molecule is O=C(c1cc(F)cc(-c2ccc3c(c2)OCC3)c1)N1CCC[C@H]1CO. The molecule has 130 valence electrons. The van der Waals surface area contributed by atoms with E-state index in [1.165, 1.54) is 12.1 Å². The number of amides is 1. The minimum atomic E-state index is -0.443. The Morgan fingerprint density at radius 2 is 2.12 bits per heavy atom. The van der Waals surface area contributed by atoms with Crippen molar-refractivity contribution in [2.75, 3.05) is 19.8 Å². The van der Waals surface area contributed by atoms with Crippen molar-refractivity contribution >= 4 is 5.91 Å². The van der Waals surface area contributed by atoms with E-state index in [2.05, 4.69) is 0 Å². The lowest BCUT2D eigenvalue weighted by molar-refractivity contribution is 0.0677. The number of hydrogen-bond acceptors (Lipinski definition) is 3. The first kappa shape index (κ1) is 16.1. The molecule has 1 amide bonds. The molecule has 0 radical (unpaired) electrons. The summed E-state index contributed by atoms with van der Waals surface area (Å²) in [5.74, 6) is 0.159. The van der Waals surface area contributed by atoms with E-state index in [4.69, 9.17) is 4.74 Å². The van der Waals surface area contributed by atoms with Gasteiger partial charge in [0, 0.05) is 18.5 Å². The van der Waals surface area contributed by atoms with Crippen LogP contribution >= 0.6 is 0 Å². The normalized spacial score (nSPS) is 19.0. The summed E-state index contributed by atoms with van der Waals surface area (Å²) in [5, 5.41) is 9.43. The molecule has 0 unspecified atom stereocenters. The molecule has 2 aromatic carbocycles. The number of ether oxygens (including phenoxy) is 1. The van der Waals surface area contributed by atoms with Gasteiger partial charge in [-0.05, 0) is 53.8 Å². The van der Waals surface area contributed by atoms with E-state index in [1.54, 1.807) is 11.0 Å². The van der Waals surface area contributed by atoms with Crippen LogP contribution in [-0.2, 0) is 6.42 Å². The zero-order valence-electron chi connectivity index (χ0n) is 13.9. The Morgan fingerprint density at radius 3 is 2.96 bits per heavy atom. The third-order valence-corrected chi connectivity index (χ3v) is 5.02. The van der Waals surface area contributed by atoms with Crippen LogP contribution in [-0.4, -0.2) is 41.7 Å². The second-order valence-corrected chi connectivity index (χ2v) is 6.63. The molecule has 1 atom stereocenters. The molecule has 0 spiro atoms. The molecule has 2 heterocycles. The van der Waals surface area contributed by atoms with Crippen molar-refractivity contribution in [2.45, 2.75) is 25.3 Å². The largest absolute Gasteiger partial charge is 0.493 e. The van der Waals surface area contributed by atoms with Gasteiger partial charge in [-0.15, -0.1) is 0 Å². The number of nitrogens with zero attached hydrogens (tertiary/aromatic N) is 1. The lowest BCUT2D eigenvalue weighted by Crippen LogP contribution is -2.37. The van der Waals surface area contributed by atoms with Crippen molar-refractivity contribution < 1.29 is 19.0 Å². The Labute approximate surface area is 145 Å². The van der Waals surface area contributed by atoms with Gasteiger partial charge in [0.05, 0.1) is 19.3 Å². The van der Waals surface area contributed by atoms with E-state index >= 15 is 0 Å². The molecule has 25 heavy (non-hydrogen) atoms. The van der Waals surface area contributed by atoms with E-state index in [9.17, 15) is 14.3 Å². The van der Waals surface area contributed by atoms with Crippen molar-refractivity contribution in [3.63, 3.8) is 0 Å². The summed E-state index contributed by atoms with van der Waals surface area (Å²) < 4.78 is 19.7. The van der Waals surface area contributed by atoms with Gasteiger partial charge < -0.3 is 14.7 Å². The number of carbonyl (C=O) groups is 1. The van der Waals surface area contributed by atoms with Crippen LogP contribution in [0, 0.1) is 5.82 Å². The fourth-order valence-corrected chi connectivity index (χ4v) is 3.68. The van der Waals surface area contributed by atoms with Gasteiger partial charge in [0.15, 0.2) is 0 Å². The highest BCUT2D eigenvalue weighted by Gasteiger charge is 2.29. The summed E-state index contributed by atoms with van der Waals surface area (Å²) in [4.78, 5) is 14.4. The van der Waals surface area contributed by atoms with Gasteiger partial charge in [-0.1, -0.05) is 12.1 Å². The van der Waals surface area contributed by atoms with E-state index in [-0.39, 0.29) is 18.6 Å². The van der Waals surface area contributed by atoms with Gasteiger partial charge in [-0.3, -0.25) is 4.79 Å². The molecule has 0 aromatic heterocycles. The fourth-order valence-electron chi connectivity index (χ4n) is 3.68. The van der Waals surface area contributed by atoms with Gasteiger partial charge in [0.1, 0.15) is 11.6 Å². The van der Waals surface area contributed by atoms with Crippen molar-refractivity contribution in [3.05, 3.63) is 53.3 Å². The smallest absolute Gasteiger partial charge is 0.254 e. The molecule has 2 aliphatic heterocycles. The summed E-state index contributed by atoms with van der Waals surface area (Å²) >= 11 is 0. The molecule has 2 aromatic rings. The fraction of sp³-hybridized carbons (Fsp3) is 0.350. The summed E-state index contributed by atoms with van der Waals surface area (Å²) in [7, 11) is 0. The van der Waals surface area contributed by atoms with E-state index < -0.39 is 5.82 Å². The third kappa shape index (κ3) is 3.00. The summed E-state index contributed by atoms with van der Waals surface area (Å²) in [6, 6.07) is 10.1. The van der Waals surface area contributed by atoms with E-state index in [0.717, 1.165) is 36.1 Å². The lowest BCUT2D eigenvalue weighted by Gasteiger charge is -2.23. The Hall–Kier alpha value is -2.40. The predicted octanol–water partition coefficient (Wildman–Crippen LogP) is 3.02. The second-order valence-electron chi connectivity index (χ2n) is 6.63. The van der Waals surface area contributed by atoms with Crippen LogP contribution in [0.4, 0.5) is 4.39 Å². The number of likely N-dealkylation sites (tertiary alicyclic amines) is 1. The third-order valence-electron chi connectivity index (χ3n) is 5.02. The van der Waals surface area contributed by atoms with Crippen LogP contribution in [0.15, 0.2) is 36.4 Å². The van der Waals surface area contributed by atoms with Crippen molar-refractivity contribution in [2.24, 2.45) is 0 Å². The highest BCUT2D eigenvalue weighted by Crippen LogP contribution is 2.32. The van der Waals surface area contributed by atoms with Crippen LogP contribution in [0.2, 0.25) is 0 Å². The number of aliphatic hydroxyl groups is 1. The Kier molecular flexibility index (Phi) is 4.17. The Balaban J connectivity index is 1.68. The first-order valence-corrected chi connectivity index (χ1v) is 8.64. The van der Waals surface area contributed by atoms with Crippen LogP contribution < -0.4 is 4.74 Å². The molecular weight excluding hydrogens is 321 g/mol. The molecule has 0 aliphatic carbocycles. The molecular formula is C20H20FNO3. The maximum atomic E-state index is 14.2. The molecule has 1 fully saturated rings. The molecule has 4 rings (SSSR count). The Morgan fingerprint density at radius 1 is 1.24 bits per heavy atom. The number of hydrogen-bond donors (Lipinski definition) is 1. The minimum Gasteiger partial charge on any atom is -0.493 e. The van der Waals surface area contributed by atoms with Crippen LogP contribution in [0.3, 0.4) is 0 Å². The van der Waals surface area contributed by atoms with Crippen molar-refractivity contribution in [1.29, 1.82) is 0 Å². The number of halogens is 1. The number of benzene rings is 2. The Bertz CT molecular complexity index is 821. The van der Waals surface area contributed by atoms with Crippen LogP contribution in [0.25, 0.3) is 11.1 Å². The monoisotopic (exact) mass is 341 g/mol. The van der Waals surface area contributed by atoms with Crippen molar-refractivity contribution in [1.82, 2.24) is 4.90 Å². The van der Waals surface area contributed by atoms with Crippen molar-refractivity contribution in [3.8, 4) is 16.9 Å². The molecule has 1 saturated heterocycles. The number of rotatable bonds is 3. The van der Waals surface area contributed by atoms with E-state index in [0.29, 0.717) is 24.3 Å². The predicted molar refractivity (Wildman–Crippen MR) is 92.2 cm³/mol. The summed E-state index contributed by atoms with van der Waals surface area (Å²) in [5.41, 5.74) is 2.95. The number of fused-ring (bicyclic) bond motifs is 1. The summed E-state index contributed by atoms with van der Waals surface area (Å²) in [6.45, 7) is 1.21. The molecule has 4 nitrogen and oxygen atoms in total. The van der Waals surface area contributed by atoms with Gasteiger partial charge in [0.2, 0.25) is 0 Å². The maximum absolute atomic E-state index is 14.2. The highest BCUT2D eigenvalue weighted by molar-refractivity contribution is 5.96. The average molecular weight is 341 g/mol. The molecule has 2 aliphatic rings. The highest BCUT2D eigenvalue weighted by atomic mass is 19.1. The van der Waals surface area contributed by atoms with Gasteiger partial charge in [-0.25, -0.2) is 4.39 Å². The lowest BCUT2D eigenvalue weighted by atomic mass is 10.00. The molecule has 0 bridgehead atoms. The molecule has 5 heteroatoms. The number of aliphatic hydroxyl groups excluding tert-OH is 1. The summed E-state index contributed by atoms with van der Waals surface area (Å²) in [6.07, 6.45) is 2.54.